The number of morpholine rings is 1. The van der Waals surface area contributed by atoms with Crippen molar-refractivity contribution in [3.05, 3.63) is 35.8 Å². The summed E-state index contributed by atoms with van der Waals surface area (Å²) in [5, 5.41) is 2.92. The maximum Gasteiger partial charge on any atom is 0.189 e. The Morgan fingerprint density at radius 1 is 1.55 bits per heavy atom. The first kappa shape index (κ1) is 16.2. The summed E-state index contributed by atoms with van der Waals surface area (Å²) in [5.41, 5.74) is 7.35. The summed E-state index contributed by atoms with van der Waals surface area (Å²) in [4.78, 5) is 10.2. The van der Waals surface area contributed by atoms with Gasteiger partial charge in [0.2, 0.25) is 0 Å². The van der Waals surface area contributed by atoms with E-state index in [0.29, 0.717) is 50.2 Å². The minimum absolute atomic E-state index is 0.280. The summed E-state index contributed by atoms with van der Waals surface area (Å²) in [6.45, 7) is 9.00. The molecule has 0 aliphatic carbocycles. The van der Waals surface area contributed by atoms with Crippen LogP contribution in [0.25, 0.3) is 0 Å². The molecule has 1 aromatic heterocycles. The number of halogens is 1. The molecule has 0 atom stereocenters. The maximum absolute atomic E-state index is 14.2. The number of aliphatic imine (C=N–C) groups is 1. The zero-order valence-corrected chi connectivity index (χ0v) is 12.8. The van der Waals surface area contributed by atoms with E-state index in [9.17, 15) is 4.39 Å². The normalized spacial score (nSPS) is 15.7. The first-order valence-corrected chi connectivity index (χ1v) is 7.21. The van der Waals surface area contributed by atoms with E-state index in [0.717, 1.165) is 5.57 Å². The highest BCUT2D eigenvalue weighted by atomic mass is 19.1. The van der Waals surface area contributed by atoms with E-state index in [1.54, 1.807) is 6.20 Å². The van der Waals surface area contributed by atoms with E-state index in [2.05, 4.69) is 21.9 Å². The minimum Gasteiger partial charge on any atom is -0.378 e. The molecule has 0 spiro atoms. The third-order valence-electron chi connectivity index (χ3n) is 3.19. The highest BCUT2D eigenvalue weighted by Crippen LogP contribution is 2.18. The van der Waals surface area contributed by atoms with Crippen molar-refractivity contribution in [1.82, 2.24) is 10.3 Å². The molecule has 2 heterocycles. The third kappa shape index (κ3) is 4.70. The molecule has 0 aromatic carbocycles. The zero-order chi connectivity index (χ0) is 15.9. The molecule has 0 radical (unpaired) electrons. The van der Waals surface area contributed by atoms with Crippen LogP contribution in [0.1, 0.15) is 12.5 Å². The van der Waals surface area contributed by atoms with Gasteiger partial charge in [-0.2, -0.15) is 0 Å². The van der Waals surface area contributed by atoms with E-state index in [1.807, 2.05) is 11.8 Å². The van der Waals surface area contributed by atoms with Crippen molar-refractivity contribution in [2.75, 3.05) is 37.7 Å². The first-order valence-electron chi connectivity index (χ1n) is 7.21. The van der Waals surface area contributed by atoms with Crippen molar-refractivity contribution in [1.29, 1.82) is 0 Å². The Morgan fingerprint density at radius 3 is 2.91 bits per heavy atom. The smallest absolute Gasteiger partial charge is 0.189 e. The predicted octanol–water partition coefficient (Wildman–Crippen LogP) is 1.04. The Hall–Kier alpha value is -2.15. The Balaban J connectivity index is 1.96. The lowest BCUT2D eigenvalue weighted by atomic mass is 10.2. The zero-order valence-electron chi connectivity index (χ0n) is 12.8. The number of pyridine rings is 1. The molecule has 0 amide bonds. The van der Waals surface area contributed by atoms with E-state index in [1.165, 1.54) is 6.07 Å². The van der Waals surface area contributed by atoms with E-state index >= 15 is 0 Å². The van der Waals surface area contributed by atoms with Gasteiger partial charge >= 0.3 is 0 Å². The quantitative estimate of drug-likeness (QED) is 0.483. The van der Waals surface area contributed by atoms with Gasteiger partial charge in [-0.1, -0.05) is 12.2 Å². The lowest BCUT2D eigenvalue weighted by Gasteiger charge is -2.28. The number of nitrogens with one attached hydrogen (secondary N) is 1. The number of hydrogen-bond acceptors (Lipinski definition) is 4. The summed E-state index contributed by atoms with van der Waals surface area (Å²) >= 11 is 0. The standard InChI is InChI=1S/C15H22FN5O/c1-11(2)8-19-15(17)20-10-12-7-13(16)14(18-9-12)21-3-5-22-6-4-21/h7,9H,1,3-6,8,10H2,2H3,(H3,17,19,20). The fraction of sp³-hybridized carbons (Fsp3) is 0.467. The summed E-state index contributed by atoms with van der Waals surface area (Å²) < 4.78 is 19.4. The highest BCUT2D eigenvalue weighted by Gasteiger charge is 2.16. The molecule has 1 aromatic rings. The van der Waals surface area contributed by atoms with Crippen LogP contribution in [-0.4, -0.2) is 43.8 Å². The molecule has 2 rings (SSSR count). The highest BCUT2D eigenvalue weighted by molar-refractivity contribution is 5.78. The average molecular weight is 307 g/mol. The molecule has 0 unspecified atom stereocenters. The van der Waals surface area contributed by atoms with Crippen molar-refractivity contribution in [2.45, 2.75) is 13.5 Å². The molecule has 1 aliphatic heterocycles. The summed E-state index contributed by atoms with van der Waals surface area (Å²) in [6, 6.07) is 1.45. The summed E-state index contributed by atoms with van der Waals surface area (Å²) in [5.74, 6) is 0.327. The number of aromatic nitrogens is 1. The fourth-order valence-corrected chi connectivity index (χ4v) is 2.04. The number of rotatable bonds is 5. The van der Waals surface area contributed by atoms with Crippen LogP contribution in [0.4, 0.5) is 10.2 Å². The van der Waals surface area contributed by atoms with Crippen LogP contribution < -0.4 is 16.0 Å². The molecule has 1 aliphatic rings. The van der Waals surface area contributed by atoms with Gasteiger partial charge in [0.15, 0.2) is 17.6 Å². The molecule has 1 saturated heterocycles. The van der Waals surface area contributed by atoms with Crippen LogP contribution in [0.5, 0.6) is 0 Å². The number of guanidine groups is 1. The molecule has 22 heavy (non-hydrogen) atoms. The Kier molecular flexibility index (Phi) is 5.71. The number of nitrogens with two attached hydrogens (primary N) is 1. The molecule has 7 heteroatoms. The van der Waals surface area contributed by atoms with Gasteiger partial charge in [-0.05, 0) is 18.6 Å². The second-order valence-corrected chi connectivity index (χ2v) is 5.26. The van der Waals surface area contributed by atoms with Crippen LogP contribution in [0, 0.1) is 5.82 Å². The minimum atomic E-state index is -0.344. The van der Waals surface area contributed by atoms with Crippen molar-refractivity contribution in [2.24, 2.45) is 10.7 Å². The van der Waals surface area contributed by atoms with Crippen molar-refractivity contribution in [3.63, 3.8) is 0 Å². The Labute approximate surface area is 129 Å². The van der Waals surface area contributed by atoms with Gasteiger partial charge in [0.25, 0.3) is 0 Å². The van der Waals surface area contributed by atoms with Gasteiger partial charge < -0.3 is 20.7 Å². The SMILES string of the molecule is C=C(C)CNC(N)=NCc1cnc(N2CCOCC2)c(F)c1. The molecule has 0 saturated carbocycles. The summed E-state index contributed by atoms with van der Waals surface area (Å²) in [6.07, 6.45) is 1.63. The van der Waals surface area contributed by atoms with Crippen LogP contribution in [0.15, 0.2) is 29.4 Å². The van der Waals surface area contributed by atoms with Crippen molar-refractivity contribution >= 4 is 11.8 Å². The Bertz CT molecular complexity index is 555. The van der Waals surface area contributed by atoms with Crippen molar-refractivity contribution < 1.29 is 9.13 Å². The second kappa shape index (κ2) is 7.74. The molecule has 1 fully saturated rings. The molecular weight excluding hydrogens is 285 g/mol. The molecule has 6 nitrogen and oxygen atoms in total. The first-order chi connectivity index (χ1) is 10.6. The second-order valence-electron chi connectivity index (χ2n) is 5.26. The van der Waals surface area contributed by atoms with Gasteiger partial charge in [-0.15, -0.1) is 0 Å². The lowest BCUT2D eigenvalue weighted by Crippen LogP contribution is -2.37. The van der Waals surface area contributed by atoms with E-state index in [4.69, 9.17) is 10.5 Å². The van der Waals surface area contributed by atoms with Crippen LogP contribution in [0.2, 0.25) is 0 Å². The number of hydrogen-bond donors (Lipinski definition) is 2. The number of anilines is 1. The monoisotopic (exact) mass is 307 g/mol. The maximum atomic E-state index is 14.2. The van der Waals surface area contributed by atoms with Gasteiger partial charge in [0.05, 0.1) is 19.8 Å². The molecule has 3 N–H and O–H groups in total. The number of ether oxygens (including phenoxy) is 1. The third-order valence-corrected chi connectivity index (χ3v) is 3.19. The average Bonchev–Trinajstić information content (AvgIpc) is 2.52. The number of nitrogens with zero attached hydrogens (tertiary/aromatic N) is 3. The fourth-order valence-electron chi connectivity index (χ4n) is 2.04. The largest absolute Gasteiger partial charge is 0.378 e. The topological polar surface area (TPSA) is 75.8 Å². The summed E-state index contributed by atoms with van der Waals surface area (Å²) in [7, 11) is 0. The van der Waals surface area contributed by atoms with Crippen LogP contribution >= 0.6 is 0 Å². The predicted molar refractivity (Wildman–Crippen MR) is 85.4 cm³/mol. The van der Waals surface area contributed by atoms with Gasteiger partial charge in [0, 0.05) is 25.8 Å². The molecular formula is C15H22FN5O. The van der Waals surface area contributed by atoms with Crippen LogP contribution in [-0.2, 0) is 11.3 Å². The van der Waals surface area contributed by atoms with Crippen LogP contribution in [0.3, 0.4) is 0 Å². The van der Waals surface area contributed by atoms with E-state index in [-0.39, 0.29) is 12.4 Å². The lowest BCUT2D eigenvalue weighted by molar-refractivity contribution is 0.122. The Morgan fingerprint density at radius 2 is 2.27 bits per heavy atom. The van der Waals surface area contributed by atoms with Gasteiger partial charge in [-0.25, -0.2) is 14.4 Å². The van der Waals surface area contributed by atoms with Crippen molar-refractivity contribution in [3.8, 4) is 0 Å². The van der Waals surface area contributed by atoms with Gasteiger partial charge in [0.1, 0.15) is 0 Å². The molecule has 0 bridgehead atoms. The van der Waals surface area contributed by atoms with Gasteiger partial charge in [-0.3, -0.25) is 0 Å². The molecule has 120 valence electrons. The van der Waals surface area contributed by atoms with E-state index < -0.39 is 0 Å².